The Morgan fingerprint density at radius 2 is 2.26 bits per heavy atom. The average molecular weight is 284 g/mol. The molecular weight excluding hydrogens is 270 g/mol. The van der Waals surface area contributed by atoms with Crippen LogP contribution in [0.4, 0.5) is 11.4 Å². The van der Waals surface area contributed by atoms with Gasteiger partial charge >= 0.3 is 0 Å². The first-order chi connectivity index (χ1) is 8.99. The molecule has 1 aliphatic heterocycles. The molecule has 2 rings (SSSR count). The zero-order valence-electron chi connectivity index (χ0n) is 10.4. The van der Waals surface area contributed by atoms with Gasteiger partial charge in [0.15, 0.2) is 0 Å². The molecule has 0 saturated carbocycles. The molecule has 0 bridgehead atoms. The Morgan fingerprint density at radius 3 is 2.84 bits per heavy atom. The van der Waals surface area contributed by atoms with E-state index >= 15 is 0 Å². The quantitative estimate of drug-likeness (QED) is 0.657. The number of amides is 1. The van der Waals surface area contributed by atoms with Crippen LogP contribution in [0.1, 0.15) is 6.92 Å². The summed E-state index contributed by atoms with van der Waals surface area (Å²) in [5.74, 6) is 0.00569. The number of anilines is 1. The smallest absolute Gasteiger partial charge is 0.289 e. The summed E-state index contributed by atoms with van der Waals surface area (Å²) in [5.41, 5.74) is 0.178. The van der Waals surface area contributed by atoms with Crippen LogP contribution in [0, 0.1) is 22.0 Å². The number of nitro benzene ring substituents is 1. The van der Waals surface area contributed by atoms with E-state index < -0.39 is 4.92 Å². The average Bonchev–Trinajstić information content (AvgIpc) is 2.77. The van der Waals surface area contributed by atoms with Crippen molar-refractivity contribution in [3.05, 3.63) is 33.3 Å². The SMILES string of the molecule is C[C@@H]1CNC[C@H]1C(=O)Nc1ccc(Cl)c([N+](=O)[O-])c1. The minimum Gasteiger partial charge on any atom is -0.326 e. The van der Waals surface area contributed by atoms with E-state index in [1.807, 2.05) is 6.92 Å². The van der Waals surface area contributed by atoms with Gasteiger partial charge in [-0.25, -0.2) is 0 Å². The minimum atomic E-state index is -0.572. The van der Waals surface area contributed by atoms with Crippen LogP contribution >= 0.6 is 11.6 Å². The molecule has 0 spiro atoms. The van der Waals surface area contributed by atoms with Crippen LogP contribution in [0.3, 0.4) is 0 Å². The Bertz CT molecular complexity index is 521. The van der Waals surface area contributed by atoms with Crippen LogP contribution in [-0.2, 0) is 4.79 Å². The minimum absolute atomic E-state index is 0.0545. The van der Waals surface area contributed by atoms with E-state index in [1.54, 1.807) is 6.07 Å². The molecule has 6 nitrogen and oxygen atoms in total. The van der Waals surface area contributed by atoms with Crippen LogP contribution in [0.15, 0.2) is 18.2 Å². The first kappa shape index (κ1) is 13.8. The van der Waals surface area contributed by atoms with Gasteiger partial charge in [-0.15, -0.1) is 0 Å². The molecule has 0 radical (unpaired) electrons. The summed E-state index contributed by atoms with van der Waals surface area (Å²) in [6, 6.07) is 4.24. The monoisotopic (exact) mass is 283 g/mol. The van der Waals surface area contributed by atoms with Gasteiger partial charge in [0.2, 0.25) is 5.91 Å². The molecule has 2 atom stereocenters. The van der Waals surface area contributed by atoms with Gasteiger partial charge in [0.05, 0.1) is 10.8 Å². The van der Waals surface area contributed by atoms with Crippen LogP contribution in [0.25, 0.3) is 0 Å². The fourth-order valence-corrected chi connectivity index (χ4v) is 2.31. The van der Waals surface area contributed by atoms with Crippen molar-refractivity contribution in [1.82, 2.24) is 5.32 Å². The first-order valence-electron chi connectivity index (χ1n) is 5.94. The summed E-state index contributed by atoms with van der Waals surface area (Å²) in [6.45, 7) is 3.43. The third kappa shape index (κ3) is 3.02. The fourth-order valence-electron chi connectivity index (χ4n) is 2.13. The highest BCUT2D eigenvalue weighted by Gasteiger charge is 2.29. The highest BCUT2D eigenvalue weighted by Crippen LogP contribution is 2.28. The summed E-state index contributed by atoms with van der Waals surface area (Å²) in [6.07, 6.45) is 0. The Morgan fingerprint density at radius 1 is 1.53 bits per heavy atom. The van der Waals surface area contributed by atoms with E-state index in [1.165, 1.54) is 12.1 Å². The fraction of sp³-hybridized carbons (Fsp3) is 0.417. The summed E-state index contributed by atoms with van der Waals surface area (Å²) in [7, 11) is 0. The van der Waals surface area contributed by atoms with Crippen LogP contribution in [0.2, 0.25) is 5.02 Å². The third-order valence-corrected chi connectivity index (χ3v) is 3.58. The lowest BCUT2D eigenvalue weighted by molar-refractivity contribution is -0.384. The summed E-state index contributed by atoms with van der Waals surface area (Å²) in [5, 5.41) is 16.7. The molecular formula is C12H14ClN3O3. The number of hydrogen-bond donors (Lipinski definition) is 2. The van der Waals surface area contributed by atoms with Gasteiger partial charge in [-0.05, 0) is 24.6 Å². The second kappa shape index (κ2) is 5.54. The molecule has 1 aromatic rings. The molecule has 1 saturated heterocycles. The molecule has 0 aromatic heterocycles. The Balaban J connectivity index is 2.13. The van der Waals surface area contributed by atoms with E-state index in [2.05, 4.69) is 10.6 Å². The van der Waals surface area contributed by atoms with Gasteiger partial charge in [-0.3, -0.25) is 14.9 Å². The van der Waals surface area contributed by atoms with E-state index in [0.29, 0.717) is 12.2 Å². The van der Waals surface area contributed by atoms with Crippen LogP contribution in [0.5, 0.6) is 0 Å². The Labute approximate surface area is 115 Å². The molecule has 19 heavy (non-hydrogen) atoms. The van der Waals surface area contributed by atoms with Crippen molar-refractivity contribution in [1.29, 1.82) is 0 Å². The number of halogens is 1. The second-order valence-electron chi connectivity index (χ2n) is 4.65. The van der Waals surface area contributed by atoms with Crippen LogP contribution in [-0.4, -0.2) is 23.9 Å². The van der Waals surface area contributed by atoms with E-state index in [9.17, 15) is 14.9 Å². The summed E-state index contributed by atoms with van der Waals surface area (Å²) >= 11 is 5.71. The number of carbonyl (C=O) groups excluding carboxylic acids is 1. The predicted molar refractivity (Wildman–Crippen MR) is 72.3 cm³/mol. The maximum atomic E-state index is 12.0. The van der Waals surface area contributed by atoms with E-state index in [-0.39, 0.29) is 28.5 Å². The van der Waals surface area contributed by atoms with Crippen molar-refractivity contribution in [3.8, 4) is 0 Å². The molecule has 0 unspecified atom stereocenters. The van der Waals surface area contributed by atoms with Crippen molar-refractivity contribution in [3.63, 3.8) is 0 Å². The Hall–Kier alpha value is -1.66. The molecule has 1 aliphatic rings. The molecule has 102 valence electrons. The summed E-state index contributed by atoms with van der Waals surface area (Å²) < 4.78 is 0. The maximum absolute atomic E-state index is 12.0. The zero-order chi connectivity index (χ0) is 14.0. The number of benzene rings is 1. The van der Waals surface area contributed by atoms with Gasteiger partial charge in [-0.1, -0.05) is 18.5 Å². The standard InChI is InChI=1S/C12H14ClN3O3/c1-7-5-14-6-9(7)12(17)15-8-2-3-10(13)11(4-8)16(18)19/h2-4,7,9,14H,5-6H2,1H3,(H,15,17)/t7-,9-/m1/s1. The third-order valence-electron chi connectivity index (χ3n) is 3.26. The van der Waals surface area contributed by atoms with Gasteiger partial charge in [0.25, 0.3) is 5.69 Å². The van der Waals surface area contributed by atoms with Crippen molar-refractivity contribution >= 4 is 28.9 Å². The normalized spacial score (nSPS) is 22.2. The topological polar surface area (TPSA) is 84.3 Å². The highest BCUT2D eigenvalue weighted by molar-refractivity contribution is 6.32. The second-order valence-corrected chi connectivity index (χ2v) is 5.06. The molecule has 7 heteroatoms. The molecule has 1 aromatic carbocycles. The number of nitro groups is 1. The molecule has 1 amide bonds. The van der Waals surface area contributed by atoms with Gasteiger partial charge in [0, 0.05) is 18.3 Å². The molecule has 2 N–H and O–H groups in total. The number of carbonyl (C=O) groups is 1. The lowest BCUT2D eigenvalue weighted by Gasteiger charge is -2.14. The highest BCUT2D eigenvalue weighted by atomic mass is 35.5. The van der Waals surface area contributed by atoms with E-state index in [0.717, 1.165) is 6.54 Å². The lowest BCUT2D eigenvalue weighted by atomic mass is 9.97. The lowest BCUT2D eigenvalue weighted by Crippen LogP contribution is -2.27. The number of nitrogens with zero attached hydrogens (tertiary/aromatic N) is 1. The van der Waals surface area contributed by atoms with Gasteiger partial charge < -0.3 is 10.6 Å². The summed E-state index contributed by atoms with van der Waals surface area (Å²) in [4.78, 5) is 22.2. The number of nitrogens with one attached hydrogen (secondary N) is 2. The van der Waals surface area contributed by atoms with Crippen molar-refractivity contribution in [2.45, 2.75) is 6.92 Å². The van der Waals surface area contributed by atoms with Crippen LogP contribution < -0.4 is 10.6 Å². The first-order valence-corrected chi connectivity index (χ1v) is 6.32. The Kier molecular flexibility index (Phi) is 4.01. The zero-order valence-corrected chi connectivity index (χ0v) is 11.1. The van der Waals surface area contributed by atoms with Crippen molar-refractivity contribution in [2.24, 2.45) is 11.8 Å². The number of rotatable bonds is 3. The molecule has 0 aliphatic carbocycles. The van der Waals surface area contributed by atoms with Crippen molar-refractivity contribution in [2.75, 3.05) is 18.4 Å². The number of hydrogen-bond acceptors (Lipinski definition) is 4. The van der Waals surface area contributed by atoms with Crippen molar-refractivity contribution < 1.29 is 9.72 Å². The molecule has 1 fully saturated rings. The van der Waals surface area contributed by atoms with E-state index in [4.69, 9.17) is 11.6 Å². The molecule has 1 heterocycles. The largest absolute Gasteiger partial charge is 0.326 e. The maximum Gasteiger partial charge on any atom is 0.289 e. The van der Waals surface area contributed by atoms with Gasteiger partial charge in [-0.2, -0.15) is 0 Å². The van der Waals surface area contributed by atoms with Gasteiger partial charge in [0.1, 0.15) is 5.02 Å². The predicted octanol–water partition coefficient (Wildman–Crippen LogP) is 2.04.